The van der Waals surface area contributed by atoms with Gasteiger partial charge in [0, 0.05) is 40.7 Å². The van der Waals surface area contributed by atoms with Gasteiger partial charge in [0.05, 0.1) is 23.6 Å². The Bertz CT molecular complexity index is 1100. The van der Waals surface area contributed by atoms with E-state index in [1.165, 1.54) is 12.1 Å². The minimum atomic E-state index is -0.954. The summed E-state index contributed by atoms with van der Waals surface area (Å²) in [6.45, 7) is 4.06. The van der Waals surface area contributed by atoms with E-state index < -0.39 is 10.8 Å². The molecule has 1 aromatic heterocycles. The number of para-hydroxylation sites is 1. The molecule has 1 atom stereocenters. The number of Topliss-reactive ketones (excluding diaryl/α,β-unsaturated/α-hetero) is 1. The molecule has 1 heterocycles. The first-order chi connectivity index (χ1) is 14.4. The first-order valence-electron chi connectivity index (χ1n) is 9.81. The fourth-order valence-corrected chi connectivity index (χ4v) is 3.51. The van der Waals surface area contributed by atoms with E-state index in [0.717, 1.165) is 17.4 Å². The third-order valence-corrected chi connectivity index (χ3v) is 5.46. The lowest BCUT2D eigenvalue weighted by Crippen LogP contribution is -2.09. The molecule has 30 heavy (non-hydrogen) atoms. The van der Waals surface area contributed by atoms with Gasteiger partial charge in [-0.2, -0.15) is 0 Å². The van der Waals surface area contributed by atoms with E-state index in [1.54, 1.807) is 24.6 Å². The maximum atomic E-state index is 13.5. The number of nitrogens with one attached hydrogen (secondary N) is 1. The quantitative estimate of drug-likeness (QED) is 0.477. The summed E-state index contributed by atoms with van der Waals surface area (Å²) >= 11 is 0. The van der Waals surface area contributed by atoms with Gasteiger partial charge in [0.25, 0.3) is 0 Å². The number of aryl methyl sites for hydroxylation is 1. The lowest BCUT2D eigenvalue weighted by Gasteiger charge is -2.17. The summed E-state index contributed by atoms with van der Waals surface area (Å²) in [5, 5.41) is 4.05. The Hall–Kier alpha value is -2.80. The molecule has 7 heteroatoms. The molecule has 0 bridgehead atoms. The van der Waals surface area contributed by atoms with Crippen molar-refractivity contribution in [2.24, 2.45) is 0 Å². The number of fused-ring (bicyclic) bond motifs is 1. The van der Waals surface area contributed by atoms with Crippen LogP contribution in [-0.4, -0.2) is 33.6 Å². The van der Waals surface area contributed by atoms with Gasteiger partial charge in [-0.25, -0.2) is 4.39 Å². The number of pyridine rings is 1. The van der Waals surface area contributed by atoms with Crippen LogP contribution in [-0.2, 0) is 10.8 Å². The number of halogens is 1. The van der Waals surface area contributed by atoms with Gasteiger partial charge in [0.1, 0.15) is 17.1 Å². The fraction of sp³-hybridized carbons (Fsp3) is 0.304. The van der Waals surface area contributed by atoms with Crippen molar-refractivity contribution in [2.45, 2.75) is 26.7 Å². The number of carbonyl (C=O) groups is 1. The molecule has 0 aliphatic carbocycles. The molecule has 0 saturated carbocycles. The number of aromatic nitrogens is 1. The minimum absolute atomic E-state index is 0.0122. The van der Waals surface area contributed by atoms with Crippen molar-refractivity contribution < 1.29 is 18.1 Å². The molecule has 5 nitrogen and oxygen atoms in total. The van der Waals surface area contributed by atoms with E-state index in [9.17, 15) is 13.4 Å². The Balaban J connectivity index is 2.10. The minimum Gasteiger partial charge on any atom is -0.490 e. The SMILES string of the molecule is CCCC(=O)c1cnc2c(OCCS(C)=O)cccc2c1Nc1ccc(F)cc1C. The van der Waals surface area contributed by atoms with Crippen LogP contribution in [0.15, 0.2) is 42.6 Å². The molecule has 1 unspecified atom stereocenters. The summed E-state index contributed by atoms with van der Waals surface area (Å²) in [7, 11) is -0.954. The van der Waals surface area contributed by atoms with E-state index in [1.807, 2.05) is 26.0 Å². The van der Waals surface area contributed by atoms with Gasteiger partial charge in [-0.15, -0.1) is 0 Å². The second-order valence-corrected chi connectivity index (χ2v) is 8.64. The molecule has 158 valence electrons. The molecule has 1 N–H and O–H groups in total. The molecule has 0 amide bonds. The van der Waals surface area contributed by atoms with Crippen molar-refractivity contribution in [3.8, 4) is 5.75 Å². The molecule has 0 aliphatic heterocycles. The van der Waals surface area contributed by atoms with Crippen molar-refractivity contribution in [3.63, 3.8) is 0 Å². The van der Waals surface area contributed by atoms with Crippen LogP contribution in [0, 0.1) is 12.7 Å². The molecule has 2 aromatic carbocycles. The van der Waals surface area contributed by atoms with Gasteiger partial charge in [0.15, 0.2) is 5.78 Å². The number of ketones is 1. The van der Waals surface area contributed by atoms with Crippen LogP contribution in [0.3, 0.4) is 0 Å². The fourth-order valence-electron chi connectivity index (χ4n) is 3.19. The highest BCUT2D eigenvalue weighted by Crippen LogP contribution is 2.35. The maximum absolute atomic E-state index is 13.5. The predicted octanol–water partition coefficient (Wildman–Crippen LogP) is 5.17. The molecule has 3 aromatic rings. The number of carbonyl (C=O) groups excluding carboxylic acids is 1. The summed E-state index contributed by atoms with van der Waals surface area (Å²) in [4.78, 5) is 17.3. The van der Waals surface area contributed by atoms with E-state index in [2.05, 4.69) is 10.3 Å². The second-order valence-electron chi connectivity index (χ2n) is 7.08. The molecule has 3 rings (SSSR count). The first-order valence-corrected chi connectivity index (χ1v) is 11.5. The van der Waals surface area contributed by atoms with Crippen LogP contribution in [0.5, 0.6) is 5.75 Å². The van der Waals surface area contributed by atoms with E-state index in [4.69, 9.17) is 4.74 Å². The molecule has 0 fully saturated rings. The Kier molecular flexibility index (Phi) is 7.15. The van der Waals surface area contributed by atoms with E-state index in [0.29, 0.717) is 47.0 Å². The van der Waals surface area contributed by atoms with Crippen molar-refractivity contribution in [1.82, 2.24) is 4.98 Å². The van der Waals surface area contributed by atoms with Gasteiger partial charge < -0.3 is 10.1 Å². The first kappa shape index (κ1) is 21.9. The number of hydrogen-bond donors (Lipinski definition) is 1. The molecule has 0 aliphatic rings. The Morgan fingerprint density at radius 1 is 1.27 bits per heavy atom. The van der Waals surface area contributed by atoms with Crippen molar-refractivity contribution in [3.05, 3.63) is 59.5 Å². The highest BCUT2D eigenvalue weighted by molar-refractivity contribution is 7.84. The van der Waals surface area contributed by atoms with Gasteiger partial charge in [0.2, 0.25) is 0 Å². The predicted molar refractivity (Wildman–Crippen MR) is 120 cm³/mol. The molecular formula is C23H25FN2O3S. The largest absolute Gasteiger partial charge is 0.490 e. The number of anilines is 2. The summed E-state index contributed by atoms with van der Waals surface area (Å²) < 4.78 is 30.7. The van der Waals surface area contributed by atoms with Crippen molar-refractivity contribution in [1.29, 1.82) is 0 Å². The number of benzene rings is 2. The number of rotatable bonds is 9. The van der Waals surface area contributed by atoms with Crippen LogP contribution in [0.1, 0.15) is 35.7 Å². The Labute approximate surface area is 178 Å². The highest BCUT2D eigenvalue weighted by Gasteiger charge is 2.18. The third kappa shape index (κ3) is 5.02. The van der Waals surface area contributed by atoms with Crippen LogP contribution in [0.2, 0.25) is 0 Å². The zero-order valence-corrected chi connectivity index (χ0v) is 18.1. The van der Waals surface area contributed by atoms with Gasteiger partial charge >= 0.3 is 0 Å². The van der Waals surface area contributed by atoms with Gasteiger partial charge in [-0.05, 0) is 43.2 Å². The third-order valence-electron chi connectivity index (χ3n) is 4.71. The summed E-state index contributed by atoms with van der Waals surface area (Å²) in [5.74, 6) is 0.653. The summed E-state index contributed by atoms with van der Waals surface area (Å²) in [6, 6.07) is 9.98. The summed E-state index contributed by atoms with van der Waals surface area (Å²) in [5.41, 5.74) is 3.15. The molecule has 0 saturated heterocycles. The number of nitrogens with zero attached hydrogens (tertiary/aromatic N) is 1. The number of hydrogen-bond acceptors (Lipinski definition) is 5. The second kappa shape index (κ2) is 9.80. The number of ether oxygens (including phenoxy) is 1. The van der Waals surface area contributed by atoms with Crippen molar-refractivity contribution in [2.75, 3.05) is 23.9 Å². The smallest absolute Gasteiger partial charge is 0.166 e. The average Bonchev–Trinajstić information content (AvgIpc) is 2.70. The van der Waals surface area contributed by atoms with Crippen LogP contribution < -0.4 is 10.1 Å². The van der Waals surface area contributed by atoms with Crippen molar-refractivity contribution >= 4 is 38.9 Å². The lowest BCUT2D eigenvalue weighted by molar-refractivity contribution is 0.0982. The van der Waals surface area contributed by atoms with Crippen LogP contribution >= 0.6 is 0 Å². The van der Waals surface area contributed by atoms with Crippen LogP contribution in [0.25, 0.3) is 10.9 Å². The Morgan fingerprint density at radius 2 is 2.07 bits per heavy atom. The summed E-state index contributed by atoms with van der Waals surface area (Å²) in [6.07, 6.45) is 4.32. The van der Waals surface area contributed by atoms with Gasteiger partial charge in [-0.1, -0.05) is 19.1 Å². The standard InChI is InChI=1S/C23H25FN2O3S/c1-4-6-20(27)18-14-25-23-17(7-5-8-21(23)29-11-12-30(3)28)22(18)26-19-10-9-16(24)13-15(19)2/h5,7-10,13-14H,4,6,11-12H2,1-3H3,(H,25,26). The zero-order valence-electron chi connectivity index (χ0n) is 17.3. The zero-order chi connectivity index (χ0) is 21.7. The molecular weight excluding hydrogens is 403 g/mol. The van der Waals surface area contributed by atoms with E-state index >= 15 is 0 Å². The van der Waals surface area contributed by atoms with E-state index in [-0.39, 0.29) is 11.6 Å². The Morgan fingerprint density at radius 3 is 2.77 bits per heavy atom. The molecule has 0 radical (unpaired) electrons. The molecule has 0 spiro atoms. The topological polar surface area (TPSA) is 68.3 Å². The van der Waals surface area contributed by atoms with Crippen LogP contribution in [0.4, 0.5) is 15.8 Å². The average molecular weight is 429 g/mol. The lowest BCUT2D eigenvalue weighted by atomic mass is 10.0. The van der Waals surface area contributed by atoms with Gasteiger partial charge in [-0.3, -0.25) is 14.0 Å². The monoisotopic (exact) mass is 428 g/mol. The normalized spacial score (nSPS) is 12.0. The highest BCUT2D eigenvalue weighted by atomic mass is 32.2. The maximum Gasteiger partial charge on any atom is 0.166 e.